The quantitative estimate of drug-likeness (QED) is 0.202. The Labute approximate surface area is 248 Å². The highest BCUT2D eigenvalue weighted by molar-refractivity contribution is 6.32. The van der Waals surface area contributed by atoms with E-state index in [0.29, 0.717) is 39.7 Å². The number of halogens is 2. The summed E-state index contributed by atoms with van der Waals surface area (Å²) in [6.45, 7) is 7.01. The molecule has 0 saturated heterocycles. The van der Waals surface area contributed by atoms with Crippen LogP contribution in [0.5, 0.6) is 0 Å². The molecule has 2 aromatic carbocycles. The molecule has 42 heavy (non-hydrogen) atoms. The average Bonchev–Trinajstić information content (AvgIpc) is 3.64. The molecule has 2 N–H and O–H groups in total. The number of pyridine rings is 2. The van der Waals surface area contributed by atoms with Gasteiger partial charge in [0.25, 0.3) is 0 Å². The Bertz CT molecular complexity index is 1780. The lowest BCUT2D eigenvalue weighted by molar-refractivity contribution is 0.443. The van der Waals surface area contributed by atoms with Crippen LogP contribution >= 0.6 is 11.6 Å². The summed E-state index contributed by atoms with van der Waals surface area (Å²) in [4.78, 5) is 8.95. The van der Waals surface area contributed by atoms with Gasteiger partial charge < -0.3 is 10.6 Å². The van der Waals surface area contributed by atoms with Gasteiger partial charge in [0.15, 0.2) is 0 Å². The third-order valence-corrected chi connectivity index (χ3v) is 7.74. The Morgan fingerprint density at radius 2 is 1.93 bits per heavy atom. The second kappa shape index (κ2) is 10.7. The van der Waals surface area contributed by atoms with Crippen molar-refractivity contribution < 1.29 is 4.39 Å². The number of rotatable bonds is 8. The maximum absolute atomic E-state index is 14.0. The zero-order valence-electron chi connectivity index (χ0n) is 23.6. The molecule has 3 aromatic heterocycles. The van der Waals surface area contributed by atoms with Gasteiger partial charge in [0.1, 0.15) is 17.6 Å². The average molecular weight is 581 g/mol. The monoisotopic (exact) mass is 580 g/mol. The molecule has 0 amide bonds. The molecule has 6 rings (SSSR count). The van der Waals surface area contributed by atoms with E-state index in [1.54, 1.807) is 30.6 Å². The summed E-state index contributed by atoms with van der Waals surface area (Å²) < 4.78 is 15.9. The highest BCUT2D eigenvalue weighted by Gasteiger charge is 2.48. The van der Waals surface area contributed by atoms with Crippen molar-refractivity contribution in [2.24, 2.45) is 5.41 Å². The molecular formula is C32H30ClFN8. The SMILES string of the molecule is CC(C)(C)CNc1c(C#N)cnc2c(N[C@@H](c3ccc(F)cc3)c3cn(C4(c5cccnc5)CC4)nn3)cc(Cl)cc12. The van der Waals surface area contributed by atoms with Gasteiger partial charge in [0.2, 0.25) is 0 Å². The second-order valence-electron chi connectivity index (χ2n) is 11.9. The normalized spacial score (nSPS) is 14.8. The first-order chi connectivity index (χ1) is 20.2. The molecule has 10 heteroatoms. The van der Waals surface area contributed by atoms with E-state index in [1.807, 2.05) is 29.2 Å². The number of benzene rings is 2. The van der Waals surface area contributed by atoms with Crippen LogP contribution in [-0.4, -0.2) is 31.5 Å². The zero-order chi connectivity index (χ0) is 29.5. The number of hydrogen-bond acceptors (Lipinski definition) is 7. The van der Waals surface area contributed by atoms with Gasteiger partial charge in [0.05, 0.1) is 40.2 Å². The van der Waals surface area contributed by atoms with Gasteiger partial charge in [-0.1, -0.05) is 55.8 Å². The van der Waals surface area contributed by atoms with Crippen molar-refractivity contribution in [2.75, 3.05) is 17.2 Å². The molecule has 1 aliphatic rings. The van der Waals surface area contributed by atoms with Crippen LogP contribution in [0.4, 0.5) is 15.8 Å². The Balaban J connectivity index is 1.43. The molecule has 5 aromatic rings. The fourth-order valence-electron chi connectivity index (χ4n) is 5.17. The number of aromatic nitrogens is 5. The zero-order valence-corrected chi connectivity index (χ0v) is 24.3. The Hall–Kier alpha value is -4.55. The summed E-state index contributed by atoms with van der Waals surface area (Å²) in [5.74, 6) is -0.330. The lowest BCUT2D eigenvalue weighted by Gasteiger charge is -2.23. The van der Waals surface area contributed by atoms with Gasteiger partial charge in [-0.3, -0.25) is 9.97 Å². The fraction of sp³-hybridized carbons (Fsp3) is 0.281. The first-order valence-electron chi connectivity index (χ1n) is 13.8. The van der Waals surface area contributed by atoms with Crippen molar-refractivity contribution in [1.82, 2.24) is 25.0 Å². The number of fused-ring (bicyclic) bond motifs is 1. The lowest BCUT2D eigenvalue weighted by atomic mass is 9.96. The molecule has 0 unspecified atom stereocenters. The van der Waals surface area contributed by atoms with E-state index in [2.05, 4.69) is 63.8 Å². The number of nitrogens with zero attached hydrogens (tertiary/aromatic N) is 6. The van der Waals surface area contributed by atoms with Gasteiger partial charge >= 0.3 is 0 Å². The van der Waals surface area contributed by atoms with Crippen LogP contribution in [0.25, 0.3) is 10.9 Å². The van der Waals surface area contributed by atoms with Gasteiger partial charge in [0, 0.05) is 35.5 Å². The minimum atomic E-state index is -0.492. The first-order valence-corrected chi connectivity index (χ1v) is 14.2. The number of hydrogen-bond donors (Lipinski definition) is 2. The molecule has 1 aliphatic carbocycles. The van der Waals surface area contributed by atoms with Crippen molar-refractivity contribution in [3.05, 3.63) is 107 Å². The number of nitrogens with one attached hydrogen (secondary N) is 2. The predicted octanol–water partition coefficient (Wildman–Crippen LogP) is 7.08. The molecule has 0 radical (unpaired) electrons. The van der Waals surface area contributed by atoms with Crippen LogP contribution in [0.15, 0.2) is 73.3 Å². The van der Waals surface area contributed by atoms with Crippen molar-refractivity contribution in [3.8, 4) is 6.07 Å². The lowest BCUT2D eigenvalue weighted by Crippen LogP contribution is -2.20. The van der Waals surface area contributed by atoms with E-state index >= 15 is 0 Å². The highest BCUT2D eigenvalue weighted by atomic mass is 35.5. The van der Waals surface area contributed by atoms with Crippen LogP contribution < -0.4 is 10.6 Å². The third-order valence-electron chi connectivity index (χ3n) is 7.52. The minimum absolute atomic E-state index is 0.0176. The molecule has 0 aliphatic heterocycles. The molecule has 212 valence electrons. The van der Waals surface area contributed by atoms with Crippen LogP contribution in [0.2, 0.25) is 5.02 Å². The third kappa shape index (κ3) is 5.38. The summed E-state index contributed by atoms with van der Waals surface area (Å²) >= 11 is 6.65. The Morgan fingerprint density at radius 3 is 2.60 bits per heavy atom. The van der Waals surface area contributed by atoms with E-state index in [4.69, 9.17) is 11.6 Å². The maximum Gasteiger partial charge on any atom is 0.123 e. The van der Waals surface area contributed by atoms with E-state index in [-0.39, 0.29) is 16.8 Å². The molecular weight excluding hydrogens is 551 g/mol. The van der Waals surface area contributed by atoms with Gasteiger partial charge in [-0.05, 0) is 59.7 Å². The summed E-state index contributed by atoms with van der Waals surface area (Å²) in [5, 5.41) is 27.2. The van der Waals surface area contributed by atoms with Crippen LogP contribution in [0.1, 0.15) is 62.0 Å². The van der Waals surface area contributed by atoms with E-state index in [9.17, 15) is 9.65 Å². The Kier molecular flexibility index (Phi) is 7.03. The van der Waals surface area contributed by atoms with Crippen molar-refractivity contribution >= 4 is 33.9 Å². The summed E-state index contributed by atoms with van der Waals surface area (Å²) in [6, 6.07) is 15.7. The predicted molar refractivity (Wildman–Crippen MR) is 162 cm³/mol. The van der Waals surface area contributed by atoms with Gasteiger partial charge in [-0.15, -0.1) is 5.10 Å². The fourth-order valence-corrected chi connectivity index (χ4v) is 5.39. The second-order valence-corrected chi connectivity index (χ2v) is 12.3. The Morgan fingerprint density at radius 1 is 1.14 bits per heavy atom. The molecule has 1 atom stereocenters. The first kappa shape index (κ1) is 27.6. The smallest absolute Gasteiger partial charge is 0.123 e. The number of nitriles is 1. The van der Waals surface area contributed by atoms with Gasteiger partial charge in [-0.25, -0.2) is 9.07 Å². The number of anilines is 2. The van der Waals surface area contributed by atoms with Crippen molar-refractivity contribution in [3.63, 3.8) is 0 Å². The van der Waals surface area contributed by atoms with Crippen molar-refractivity contribution in [2.45, 2.75) is 45.2 Å². The van der Waals surface area contributed by atoms with Crippen LogP contribution in [0.3, 0.4) is 0 Å². The topological polar surface area (TPSA) is 104 Å². The molecule has 0 spiro atoms. The van der Waals surface area contributed by atoms with E-state index in [1.165, 1.54) is 12.1 Å². The largest absolute Gasteiger partial charge is 0.383 e. The van der Waals surface area contributed by atoms with Crippen LogP contribution in [0, 0.1) is 22.6 Å². The van der Waals surface area contributed by atoms with Gasteiger partial charge in [-0.2, -0.15) is 5.26 Å². The molecule has 0 bridgehead atoms. The minimum Gasteiger partial charge on any atom is -0.383 e. The van der Waals surface area contributed by atoms with E-state index in [0.717, 1.165) is 29.4 Å². The van der Waals surface area contributed by atoms with Crippen molar-refractivity contribution in [1.29, 1.82) is 5.26 Å². The summed E-state index contributed by atoms with van der Waals surface area (Å²) in [5.41, 5.74) is 4.65. The standard InChI is InChI=1S/C32H30ClFN8/c1-31(2,3)19-38-28-21(15-35)16-37-30-25(28)13-23(33)14-26(30)39-29(20-6-8-24(34)9-7-20)27-18-42(41-40-27)32(10-11-32)22-5-4-12-36-17-22/h4-9,12-14,16-18,29,39H,10-11,19H2,1-3H3,(H,37,38)/t29-/m0/s1. The highest BCUT2D eigenvalue weighted by Crippen LogP contribution is 2.49. The molecule has 1 fully saturated rings. The van der Waals surface area contributed by atoms with E-state index < -0.39 is 6.04 Å². The molecule has 1 saturated carbocycles. The summed E-state index contributed by atoms with van der Waals surface area (Å²) in [7, 11) is 0. The molecule has 3 heterocycles. The van der Waals surface area contributed by atoms with Crippen LogP contribution in [-0.2, 0) is 5.54 Å². The molecule has 8 nitrogen and oxygen atoms in total. The summed E-state index contributed by atoms with van der Waals surface area (Å²) in [6.07, 6.45) is 9.00. The maximum atomic E-state index is 14.0.